The molecule has 0 saturated heterocycles. The van der Waals surface area contributed by atoms with Crippen molar-refractivity contribution in [3.8, 4) is 0 Å². The van der Waals surface area contributed by atoms with Crippen LogP contribution in [0.5, 0.6) is 0 Å². The van der Waals surface area contributed by atoms with Gasteiger partial charge in [0, 0.05) is 23.3 Å². The number of carboxylic acids is 2. The molecule has 0 fully saturated rings. The number of aliphatic carboxylic acids is 2. The Balaban J connectivity index is 2.29. The van der Waals surface area contributed by atoms with Gasteiger partial charge in [-0.1, -0.05) is 60.7 Å². The predicted octanol–water partition coefficient (Wildman–Crippen LogP) is 1.47. The topological polar surface area (TPSA) is 94.9 Å². The van der Waals surface area contributed by atoms with Gasteiger partial charge < -0.3 is 14.8 Å². The third kappa shape index (κ3) is 5.28. The molecule has 0 aromatic heterocycles. The van der Waals surface area contributed by atoms with Crippen molar-refractivity contribution in [2.45, 2.75) is 0 Å². The minimum Gasteiger partial charge on any atom is -0.480 e. The first-order chi connectivity index (χ1) is 11.9. The fourth-order valence-electron chi connectivity index (χ4n) is 2.62. The lowest BCUT2D eigenvalue weighted by Gasteiger charge is -2.24. The van der Waals surface area contributed by atoms with E-state index in [1.165, 1.54) is 4.90 Å². The lowest BCUT2D eigenvalue weighted by atomic mass is 10.4. The highest BCUT2D eigenvalue weighted by molar-refractivity contribution is 7.78. The van der Waals surface area contributed by atoms with Crippen LogP contribution in [0.25, 0.3) is 0 Å². The molecule has 0 amide bonds. The van der Waals surface area contributed by atoms with Crippen molar-refractivity contribution in [2.24, 2.45) is 0 Å². The second kappa shape index (κ2) is 8.60. The van der Waals surface area contributed by atoms with Crippen LogP contribution in [0, 0.1) is 0 Å². The van der Waals surface area contributed by atoms with Crippen molar-refractivity contribution < 1.29 is 24.4 Å². The van der Waals surface area contributed by atoms with E-state index in [9.17, 15) is 14.2 Å². The van der Waals surface area contributed by atoms with E-state index >= 15 is 0 Å². The number of nitrogens with zero attached hydrogens (tertiary/aromatic N) is 1. The Morgan fingerprint density at radius 2 is 1.20 bits per heavy atom. The average molecular weight is 361 g/mol. The van der Waals surface area contributed by atoms with Gasteiger partial charge in [0.2, 0.25) is 0 Å². The van der Waals surface area contributed by atoms with Crippen LogP contribution < -0.4 is 10.6 Å². The smallest absolute Gasteiger partial charge is 0.317 e. The van der Waals surface area contributed by atoms with Crippen LogP contribution in [0.2, 0.25) is 0 Å². The molecule has 0 saturated carbocycles. The third-order valence-electron chi connectivity index (χ3n) is 3.80. The molecule has 0 atom stereocenters. The number of carbonyl (C=O) groups is 2. The molecule has 0 bridgehead atoms. The lowest BCUT2D eigenvalue weighted by Crippen LogP contribution is -2.37. The molecule has 0 aliphatic heterocycles. The molecule has 2 aromatic carbocycles. The highest BCUT2D eigenvalue weighted by Crippen LogP contribution is 2.42. The summed E-state index contributed by atoms with van der Waals surface area (Å²) in [6.45, 7) is -0.703. The van der Waals surface area contributed by atoms with Gasteiger partial charge in [0.05, 0.1) is 13.1 Å². The van der Waals surface area contributed by atoms with E-state index in [0.717, 1.165) is 0 Å². The molecule has 132 valence electrons. The van der Waals surface area contributed by atoms with Crippen LogP contribution in [-0.2, 0) is 14.2 Å². The molecule has 0 unspecified atom stereocenters. The van der Waals surface area contributed by atoms with Gasteiger partial charge in [-0.25, -0.2) is 0 Å². The van der Waals surface area contributed by atoms with Gasteiger partial charge in [-0.15, -0.1) is 0 Å². The fourth-order valence-corrected chi connectivity index (χ4v) is 5.31. The van der Waals surface area contributed by atoms with Crippen molar-refractivity contribution >= 4 is 29.7 Å². The molecular weight excluding hydrogens is 341 g/mol. The van der Waals surface area contributed by atoms with Gasteiger partial charge in [0.1, 0.15) is 7.14 Å². The summed E-state index contributed by atoms with van der Waals surface area (Å²) in [6, 6.07) is 18.0. The summed E-state index contributed by atoms with van der Waals surface area (Å²) >= 11 is 0. The summed E-state index contributed by atoms with van der Waals surface area (Å²) in [7, 11) is -2.99. The minimum absolute atomic E-state index is 0.111. The molecule has 25 heavy (non-hydrogen) atoms. The van der Waals surface area contributed by atoms with Crippen molar-refractivity contribution in [1.29, 1.82) is 0 Å². The van der Waals surface area contributed by atoms with E-state index in [2.05, 4.69) is 0 Å². The van der Waals surface area contributed by atoms with E-state index in [-0.39, 0.29) is 12.7 Å². The summed E-state index contributed by atoms with van der Waals surface area (Å²) in [5.41, 5.74) is 0. The Morgan fingerprint density at radius 1 is 0.800 bits per heavy atom. The van der Waals surface area contributed by atoms with Crippen molar-refractivity contribution in [3.05, 3.63) is 60.7 Å². The van der Waals surface area contributed by atoms with E-state index < -0.39 is 32.2 Å². The molecule has 2 N–H and O–H groups in total. The molecule has 6 nitrogen and oxygen atoms in total. The first kappa shape index (κ1) is 18.9. The second-order valence-electron chi connectivity index (χ2n) is 5.63. The number of hydrogen-bond donors (Lipinski definition) is 2. The van der Waals surface area contributed by atoms with E-state index in [1.54, 1.807) is 48.5 Å². The van der Waals surface area contributed by atoms with Gasteiger partial charge >= 0.3 is 11.9 Å². The quantitative estimate of drug-likeness (QED) is 0.657. The van der Waals surface area contributed by atoms with E-state index in [1.807, 2.05) is 12.1 Å². The summed E-state index contributed by atoms with van der Waals surface area (Å²) in [5, 5.41) is 19.3. The lowest BCUT2D eigenvalue weighted by molar-refractivity contribution is -0.141. The van der Waals surface area contributed by atoms with Crippen LogP contribution >= 0.6 is 7.14 Å². The highest BCUT2D eigenvalue weighted by Gasteiger charge is 2.28. The SMILES string of the molecule is O=C(O)CN(CCP(=O)(c1ccccc1)c1ccccc1)CC(=O)O. The van der Waals surface area contributed by atoms with E-state index in [0.29, 0.717) is 10.6 Å². The van der Waals surface area contributed by atoms with Crippen LogP contribution in [-0.4, -0.2) is 52.8 Å². The van der Waals surface area contributed by atoms with Crippen LogP contribution in [0.15, 0.2) is 60.7 Å². The first-order valence-electron chi connectivity index (χ1n) is 7.78. The Hall–Kier alpha value is -2.43. The summed E-state index contributed by atoms with van der Waals surface area (Å²) < 4.78 is 13.8. The second-order valence-corrected chi connectivity index (χ2v) is 8.59. The third-order valence-corrected chi connectivity index (χ3v) is 6.89. The monoisotopic (exact) mass is 361 g/mol. The zero-order chi connectivity index (χ0) is 18.3. The number of benzene rings is 2. The molecule has 0 aliphatic rings. The predicted molar refractivity (Wildman–Crippen MR) is 96.3 cm³/mol. The van der Waals surface area contributed by atoms with Gasteiger partial charge in [0.25, 0.3) is 0 Å². The first-order valence-corrected chi connectivity index (χ1v) is 9.67. The molecule has 0 heterocycles. The molecular formula is C18H20NO5P. The summed E-state index contributed by atoms with van der Waals surface area (Å²) in [5.74, 6) is -2.23. The Kier molecular flexibility index (Phi) is 6.51. The largest absolute Gasteiger partial charge is 0.480 e. The van der Waals surface area contributed by atoms with Gasteiger partial charge in [-0.2, -0.15) is 0 Å². The van der Waals surface area contributed by atoms with Crippen molar-refractivity contribution in [3.63, 3.8) is 0 Å². The van der Waals surface area contributed by atoms with Crippen LogP contribution in [0.1, 0.15) is 0 Å². The maximum atomic E-state index is 13.8. The van der Waals surface area contributed by atoms with Crippen molar-refractivity contribution in [2.75, 3.05) is 25.8 Å². The summed E-state index contributed by atoms with van der Waals surface area (Å²) in [6.07, 6.45) is 0.168. The summed E-state index contributed by atoms with van der Waals surface area (Å²) in [4.78, 5) is 23.2. The molecule has 0 aliphatic carbocycles. The van der Waals surface area contributed by atoms with E-state index in [4.69, 9.17) is 10.2 Å². The molecule has 0 radical (unpaired) electrons. The average Bonchev–Trinajstić information content (AvgIpc) is 2.60. The zero-order valence-corrected chi connectivity index (χ0v) is 14.5. The minimum atomic E-state index is -2.99. The molecule has 2 rings (SSSR count). The van der Waals surface area contributed by atoms with Gasteiger partial charge in [0.15, 0.2) is 0 Å². The maximum Gasteiger partial charge on any atom is 0.317 e. The Labute approximate surface area is 146 Å². The van der Waals surface area contributed by atoms with Crippen LogP contribution in [0.4, 0.5) is 0 Å². The highest BCUT2D eigenvalue weighted by atomic mass is 31.2. The number of rotatable bonds is 9. The molecule has 0 spiro atoms. The zero-order valence-electron chi connectivity index (χ0n) is 13.6. The maximum absolute atomic E-state index is 13.8. The van der Waals surface area contributed by atoms with Gasteiger partial charge in [-0.05, 0) is 0 Å². The van der Waals surface area contributed by atoms with Crippen molar-refractivity contribution in [1.82, 2.24) is 4.90 Å². The molecule has 2 aromatic rings. The number of carboxylic acid groups (broad SMARTS) is 2. The normalized spacial score (nSPS) is 11.4. The molecule has 7 heteroatoms. The number of hydrogen-bond acceptors (Lipinski definition) is 4. The fraction of sp³-hybridized carbons (Fsp3) is 0.222. The Morgan fingerprint density at radius 3 is 1.56 bits per heavy atom. The van der Waals surface area contributed by atoms with Crippen LogP contribution in [0.3, 0.4) is 0 Å². The standard InChI is InChI=1S/C18H20NO5P/c20-17(21)13-19(14-18(22)23)11-12-25(24,15-7-3-1-4-8-15)16-9-5-2-6-10-16/h1-10H,11-14H2,(H,20,21)(H,22,23). The Bertz CT molecular complexity index is 704. The van der Waals surface area contributed by atoms with Gasteiger partial charge in [-0.3, -0.25) is 14.5 Å².